The molecule has 1 heterocycles. The van der Waals surface area contributed by atoms with E-state index in [2.05, 4.69) is 4.72 Å². The number of benzene rings is 1. The summed E-state index contributed by atoms with van der Waals surface area (Å²) in [4.78, 5) is 13.6. The number of halogens is 2. The number of amides is 1. The fourth-order valence-corrected chi connectivity index (χ4v) is 3.88. The lowest BCUT2D eigenvalue weighted by atomic mass is 10.0. The summed E-state index contributed by atoms with van der Waals surface area (Å²) in [6.45, 7) is 3.96. The second-order valence-electron chi connectivity index (χ2n) is 5.80. The first-order valence-corrected chi connectivity index (χ1v) is 8.98. The second-order valence-corrected chi connectivity index (χ2v) is 7.51. The molecule has 0 bridgehead atoms. The van der Waals surface area contributed by atoms with Crippen molar-refractivity contribution in [2.45, 2.75) is 50.1 Å². The van der Waals surface area contributed by atoms with E-state index in [0.29, 0.717) is 12.6 Å². The number of piperidine rings is 1. The fourth-order valence-electron chi connectivity index (χ4n) is 2.67. The normalized spacial score (nSPS) is 20.3. The predicted octanol–water partition coefficient (Wildman–Crippen LogP) is 2.03. The quantitative estimate of drug-likeness (QED) is 0.907. The Hall–Kier alpha value is -1.54. The van der Waals surface area contributed by atoms with Crippen LogP contribution in [0.3, 0.4) is 0 Å². The van der Waals surface area contributed by atoms with Crippen LogP contribution < -0.4 is 4.72 Å². The van der Waals surface area contributed by atoms with Crippen LogP contribution in [0.2, 0.25) is 0 Å². The monoisotopic (exact) mass is 346 g/mol. The molecule has 1 aliphatic heterocycles. The minimum absolute atomic E-state index is 0.0615. The van der Waals surface area contributed by atoms with Gasteiger partial charge in [-0.25, -0.2) is 17.2 Å². The van der Waals surface area contributed by atoms with Crippen LogP contribution >= 0.6 is 0 Å². The Balaban J connectivity index is 2.12. The summed E-state index contributed by atoms with van der Waals surface area (Å²) in [6.07, 6.45) is 2.81. The van der Waals surface area contributed by atoms with E-state index in [1.807, 2.05) is 6.92 Å². The summed E-state index contributed by atoms with van der Waals surface area (Å²) in [5, 5.41) is 0. The van der Waals surface area contributed by atoms with Crippen molar-refractivity contribution in [2.24, 2.45) is 0 Å². The molecule has 128 valence electrons. The van der Waals surface area contributed by atoms with Gasteiger partial charge in [0.15, 0.2) is 11.6 Å². The molecule has 1 N–H and O–H groups in total. The molecule has 1 aromatic rings. The van der Waals surface area contributed by atoms with Gasteiger partial charge >= 0.3 is 0 Å². The standard InChI is InChI=1S/C15H20F2N2O3S/c1-10-5-3-4-8-19(10)15(20)11(2)18-23(21,22)12-6-7-13(16)14(17)9-12/h6-7,9-11,18H,3-5,8H2,1-2H3/t10-,11-/m0/s1. The van der Waals surface area contributed by atoms with E-state index in [9.17, 15) is 22.0 Å². The third-order valence-electron chi connectivity index (χ3n) is 3.99. The Morgan fingerprint density at radius 1 is 1.30 bits per heavy atom. The van der Waals surface area contributed by atoms with Crippen LogP contribution in [-0.4, -0.2) is 37.9 Å². The molecule has 0 spiro atoms. The summed E-state index contributed by atoms with van der Waals surface area (Å²) in [5.74, 6) is -2.70. The summed E-state index contributed by atoms with van der Waals surface area (Å²) in [5.41, 5.74) is 0. The number of nitrogens with zero attached hydrogens (tertiary/aromatic N) is 1. The number of likely N-dealkylation sites (tertiary alicyclic amines) is 1. The van der Waals surface area contributed by atoms with E-state index >= 15 is 0 Å². The summed E-state index contributed by atoms with van der Waals surface area (Å²) in [7, 11) is -4.10. The van der Waals surface area contributed by atoms with Gasteiger partial charge in [0.25, 0.3) is 0 Å². The van der Waals surface area contributed by atoms with Gasteiger partial charge in [-0.15, -0.1) is 0 Å². The summed E-state index contributed by atoms with van der Waals surface area (Å²) < 4.78 is 52.8. The molecule has 2 rings (SSSR count). The number of carbonyl (C=O) groups is 1. The molecule has 23 heavy (non-hydrogen) atoms. The molecule has 0 aliphatic carbocycles. The lowest BCUT2D eigenvalue weighted by molar-refractivity contribution is -0.135. The molecule has 1 amide bonds. The zero-order valence-electron chi connectivity index (χ0n) is 13.1. The number of hydrogen-bond donors (Lipinski definition) is 1. The Morgan fingerprint density at radius 3 is 2.61 bits per heavy atom. The largest absolute Gasteiger partial charge is 0.339 e. The van der Waals surface area contributed by atoms with Gasteiger partial charge in [0, 0.05) is 12.6 Å². The third kappa shape index (κ3) is 4.06. The number of hydrogen-bond acceptors (Lipinski definition) is 3. The lowest BCUT2D eigenvalue weighted by Crippen LogP contribution is -2.51. The van der Waals surface area contributed by atoms with Crippen molar-refractivity contribution in [3.8, 4) is 0 Å². The number of carbonyl (C=O) groups excluding carboxylic acids is 1. The molecule has 0 aromatic heterocycles. The third-order valence-corrected chi connectivity index (χ3v) is 5.53. The maximum atomic E-state index is 13.2. The van der Waals surface area contributed by atoms with E-state index in [4.69, 9.17) is 0 Å². The van der Waals surface area contributed by atoms with Crippen LogP contribution in [0.4, 0.5) is 8.78 Å². The Morgan fingerprint density at radius 2 is 2.00 bits per heavy atom. The summed E-state index contributed by atoms with van der Waals surface area (Å²) >= 11 is 0. The molecular formula is C15H20F2N2O3S. The first kappa shape index (κ1) is 17.8. The average Bonchev–Trinajstić information content (AvgIpc) is 2.49. The maximum Gasteiger partial charge on any atom is 0.241 e. The van der Waals surface area contributed by atoms with Gasteiger partial charge in [0.05, 0.1) is 10.9 Å². The minimum atomic E-state index is -4.10. The molecular weight excluding hydrogens is 326 g/mol. The van der Waals surface area contributed by atoms with E-state index < -0.39 is 32.6 Å². The zero-order chi connectivity index (χ0) is 17.2. The summed E-state index contributed by atoms with van der Waals surface area (Å²) in [6, 6.07) is 1.38. The van der Waals surface area contributed by atoms with Gasteiger partial charge in [-0.2, -0.15) is 4.72 Å². The van der Waals surface area contributed by atoms with Crippen LogP contribution in [0, 0.1) is 11.6 Å². The van der Waals surface area contributed by atoms with Crippen LogP contribution in [0.5, 0.6) is 0 Å². The van der Waals surface area contributed by atoms with Crippen molar-refractivity contribution in [1.29, 1.82) is 0 Å². The van der Waals surface area contributed by atoms with Crippen molar-refractivity contribution in [1.82, 2.24) is 9.62 Å². The van der Waals surface area contributed by atoms with Gasteiger partial charge in [0.2, 0.25) is 15.9 Å². The molecule has 2 atom stereocenters. The lowest BCUT2D eigenvalue weighted by Gasteiger charge is -2.35. The first-order valence-electron chi connectivity index (χ1n) is 7.50. The molecule has 1 fully saturated rings. The van der Waals surface area contributed by atoms with Crippen LogP contribution in [-0.2, 0) is 14.8 Å². The van der Waals surface area contributed by atoms with Gasteiger partial charge < -0.3 is 4.90 Å². The highest BCUT2D eigenvalue weighted by atomic mass is 32.2. The smallest absolute Gasteiger partial charge is 0.241 e. The molecule has 0 radical (unpaired) electrons. The van der Waals surface area contributed by atoms with Crippen molar-refractivity contribution in [2.75, 3.05) is 6.54 Å². The second kappa shape index (κ2) is 6.92. The number of sulfonamides is 1. The molecule has 8 heteroatoms. The Kier molecular flexibility index (Phi) is 5.36. The van der Waals surface area contributed by atoms with Gasteiger partial charge in [-0.05, 0) is 51.3 Å². The van der Waals surface area contributed by atoms with E-state index in [1.165, 1.54) is 6.92 Å². The average molecular weight is 346 g/mol. The van der Waals surface area contributed by atoms with E-state index in [-0.39, 0.29) is 11.9 Å². The van der Waals surface area contributed by atoms with Gasteiger partial charge in [-0.1, -0.05) is 0 Å². The topological polar surface area (TPSA) is 66.5 Å². The Labute approximate surface area is 134 Å². The molecule has 0 unspecified atom stereocenters. The predicted molar refractivity (Wildman–Crippen MR) is 81.2 cm³/mol. The highest BCUT2D eigenvalue weighted by Gasteiger charge is 2.30. The van der Waals surface area contributed by atoms with Crippen LogP contribution in [0.25, 0.3) is 0 Å². The van der Waals surface area contributed by atoms with Gasteiger partial charge in [-0.3, -0.25) is 4.79 Å². The fraction of sp³-hybridized carbons (Fsp3) is 0.533. The number of rotatable bonds is 4. The Bertz CT molecular complexity index is 694. The molecule has 1 saturated heterocycles. The van der Waals surface area contributed by atoms with Gasteiger partial charge in [0.1, 0.15) is 0 Å². The number of nitrogens with one attached hydrogen (secondary N) is 1. The van der Waals surface area contributed by atoms with Crippen molar-refractivity contribution < 1.29 is 22.0 Å². The molecule has 1 aliphatic rings. The SMILES string of the molecule is C[C@H](NS(=O)(=O)c1ccc(F)c(F)c1)C(=O)N1CCCC[C@@H]1C. The first-order chi connectivity index (χ1) is 10.7. The maximum absolute atomic E-state index is 13.2. The minimum Gasteiger partial charge on any atom is -0.339 e. The van der Waals surface area contributed by atoms with E-state index in [0.717, 1.165) is 31.4 Å². The zero-order valence-corrected chi connectivity index (χ0v) is 13.9. The van der Waals surface area contributed by atoms with Crippen molar-refractivity contribution in [3.63, 3.8) is 0 Å². The highest BCUT2D eigenvalue weighted by Crippen LogP contribution is 2.18. The van der Waals surface area contributed by atoms with Crippen LogP contribution in [0.1, 0.15) is 33.1 Å². The highest BCUT2D eigenvalue weighted by molar-refractivity contribution is 7.89. The van der Waals surface area contributed by atoms with Crippen molar-refractivity contribution >= 4 is 15.9 Å². The molecule has 0 saturated carbocycles. The van der Waals surface area contributed by atoms with Crippen molar-refractivity contribution in [3.05, 3.63) is 29.8 Å². The van der Waals surface area contributed by atoms with Crippen LogP contribution in [0.15, 0.2) is 23.1 Å². The molecule has 5 nitrogen and oxygen atoms in total. The molecule has 1 aromatic carbocycles. The van der Waals surface area contributed by atoms with E-state index in [1.54, 1.807) is 4.90 Å².